The van der Waals surface area contributed by atoms with Gasteiger partial charge in [0.2, 0.25) is 0 Å². The van der Waals surface area contributed by atoms with Gasteiger partial charge in [0.1, 0.15) is 0 Å². The molecule has 2 rings (SSSR count). The number of hydrogen-bond acceptors (Lipinski definition) is 3. The van der Waals surface area contributed by atoms with Gasteiger partial charge in [-0.05, 0) is 31.0 Å². The third kappa shape index (κ3) is 3.33. The Labute approximate surface area is 121 Å². The lowest BCUT2D eigenvalue weighted by atomic mass is 10.1. The van der Waals surface area contributed by atoms with Crippen LogP contribution in [-0.4, -0.2) is 10.9 Å². The van der Waals surface area contributed by atoms with Crippen LogP contribution in [0.2, 0.25) is 0 Å². The number of nitrogens with zero attached hydrogens (tertiary/aromatic N) is 1. The van der Waals surface area contributed by atoms with Gasteiger partial charge in [0, 0.05) is 16.3 Å². The fourth-order valence-electron chi connectivity index (χ4n) is 1.72. The summed E-state index contributed by atoms with van der Waals surface area (Å²) in [4.78, 5) is 17.6. The number of alkyl halides is 1. The number of aryl methyl sites for hydroxylation is 2. The maximum Gasteiger partial charge on any atom is 0.257 e. The van der Waals surface area contributed by atoms with E-state index in [0.29, 0.717) is 16.6 Å². The van der Waals surface area contributed by atoms with Crippen molar-refractivity contribution in [1.82, 2.24) is 4.98 Å². The first-order valence-electron chi connectivity index (χ1n) is 6.06. The van der Waals surface area contributed by atoms with E-state index < -0.39 is 0 Å². The molecule has 0 bridgehead atoms. The average Bonchev–Trinajstić information content (AvgIpc) is 2.78. The average molecular weight is 295 g/mol. The summed E-state index contributed by atoms with van der Waals surface area (Å²) in [6, 6.07) is 7.25. The molecule has 0 aliphatic rings. The number of aromatic nitrogens is 1. The minimum Gasteiger partial charge on any atom is -0.298 e. The van der Waals surface area contributed by atoms with E-state index in [1.807, 2.05) is 19.1 Å². The minimum absolute atomic E-state index is 0.141. The molecule has 0 fully saturated rings. The van der Waals surface area contributed by atoms with Crippen molar-refractivity contribution in [1.29, 1.82) is 0 Å². The summed E-state index contributed by atoms with van der Waals surface area (Å²) in [6.07, 6.45) is 0.878. The third-order valence-corrected chi connectivity index (χ3v) is 4.06. The number of benzene rings is 1. The van der Waals surface area contributed by atoms with E-state index >= 15 is 0 Å². The third-order valence-electron chi connectivity index (χ3n) is 2.82. The molecule has 1 N–H and O–H groups in total. The Hall–Kier alpha value is -1.39. The van der Waals surface area contributed by atoms with Crippen LogP contribution < -0.4 is 5.32 Å². The van der Waals surface area contributed by atoms with E-state index in [4.69, 9.17) is 11.6 Å². The van der Waals surface area contributed by atoms with E-state index in [9.17, 15) is 4.79 Å². The number of hydrogen-bond donors (Lipinski definition) is 1. The summed E-state index contributed by atoms with van der Waals surface area (Å²) in [5, 5.41) is 3.48. The van der Waals surface area contributed by atoms with Gasteiger partial charge < -0.3 is 0 Å². The second-order valence-corrected chi connectivity index (χ2v) is 5.63. The van der Waals surface area contributed by atoms with Crippen LogP contribution in [0.4, 0.5) is 5.13 Å². The van der Waals surface area contributed by atoms with Crippen LogP contribution >= 0.6 is 22.9 Å². The zero-order valence-electron chi connectivity index (χ0n) is 10.9. The van der Waals surface area contributed by atoms with E-state index in [-0.39, 0.29) is 5.91 Å². The highest BCUT2D eigenvalue weighted by molar-refractivity contribution is 7.15. The zero-order chi connectivity index (χ0) is 13.8. The molecule has 5 heteroatoms. The van der Waals surface area contributed by atoms with Gasteiger partial charge in [0.05, 0.1) is 5.69 Å². The molecule has 0 aliphatic heterocycles. The van der Waals surface area contributed by atoms with Crippen LogP contribution in [0.25, 0.3) is 0 Å². The van der Waals surface area contributed by atoms with Crippen molar-refractivity contribution in [3.8, 4) is 0 Å². The van der Waals surface area contributed by atoms with Gasteiger partial charge in [-0.2, -0.15) is 0 Å². The van der Waals surface area contributed by atoms with Crippen molar-refractivity contribution < 1.29 is 4.79 Å². The molecule has 0 saturated heterocycles. The zero-order valence-corrected chi connectivity index (χ0v) is 12.4. The molecule has 1 heterocycles. The summed E-state index contributed by atoms with van der Waals surface area (Å²) in [5.74, 6) is 0.311. The summed E-state index contributed by atoms with van der Waals surface area (Å²) in [6.45, 7) is 4.07. The SMILES string of the molecule is CCc1nc(NC(=O)c2ccc(CCl)cc2)sc1C. The Bertz CT molecular complexity index is 578. The van der Waals surface area contributed by atoms with Crippen LogP contribution in [0.3, 0.4) is 0 Å². The van der Waals surface area contributed by atoms with Crippen LogP contribution in [0.1, 0.15) is 33.4 Å². The summed E-state index contributed by atoms with van der Waals surface area (Å²) in [5.41, 5.74) is 2.65. The predicted molar refractivity (Wildman–Crippen MR) is 80.2 cm³/mol. The number of nitrogens with one attached hydrogen (secondary N) is 1. The second-order valence-electron chi connectivity index (χ2n) is 4.16. The Morgan fingerprint density at radius 2 is 2.05 bits per heavy atom. The lowest BCUT2D eigenvalue weighted by Crippen LogP contribution is -2.11. The highest BCUT2D eigenvalue weighted by atomic mass is 35.5. The normalized spacial score (nSPS) is 10.5. The highest BCUT2D eigenvalue weighted by Crippen LogP contribution is 2.22. The number of carbonyl (C=O) groups excluding carboxylic acids is 1. The number of thiazole rings is 1. The van der Waals surface area contributed by atoms with Gasteiger partial charge in [0.15, 0.2) is 5.13 Å². The highest BCUT2D eigenvalue weighted by Gasteiger charge is 2.10. The molecule has 3 nitrogen and oxygen atoms in total. The molecule has 1 aromatic heterocycles. The first-order valence-corrected chi connectivity index (χ1v) is 7.41. The molecule has 0 spiro atoms. The molecule has 0 saturated carbocycles. The molecule has 19 heavy (non-hydrogen) atoms. The molecule has 2 aromatic rings. The van der Waals surface area contributed by atoms with Crippen LogP contribution in [0.5, 0.6) is 0 Å². The van der Waals surface area contributed by atoms with Crippen molar-refractivity contribution in [3.05, 3.63) is 46.0 Å². The van der Waals surface area contributed by atoms with Crippen molar-refractivity contribution >= 4 is 34.0 Å². The first kappa shape index (κ1) is 14.0. The van der Waals surface area contributed by atoms with Crippen LogP contribution in [0, 0.1) is 6.92 Å². The van der Waals surface area contributed by atoms with Crippen molar-refractivity contribution in [3.63, 3.8) is 0 Å². The minimum atomic E-state index is -0.141. The number of carbonyl (C=O) groups is 1. The van der Waals surface area contributed by atoms with Gasteiger partial charge in [0.25, 0.3) is 5.91 Å². The second kappa shape index (κ2) is 6.17. The largest absolute Gasteiger partial charge is 0.298 e. The Morgan fingerprint density at radius 3 is 2.58 bits per heavy atom. The topological polar surface area (TPSA) is 42.0 Å². The van der Waals surface area contributed by atoms with Crippen molar-refractivity contribution in [2.75, 3.05) is 5.32 Å². The van der Waals surface area contributed by atoms with E-state index in [2.05, 4.69) is 17.2 Å². The lowest BCUT2D eigenvalue weighted by molar-refractivity contribution is 0.102. The molecule has 1 aromatic carbocycles. The van der Waals surface area contributed by atoms with Gasteiger partial charge >= 0.3 is 0 Å². The van der Waals surface area contributed by atoms with E-state index in [1.54, 1.807) is 12.1 Å². The van der Waals surface area contributed by atoms with Crippen molar-refractivity contribution in [2.45, 2.75) is 26.1 Å². The first-order chi connectivity index (χ1) is 9.13. The summed E-state index contributed by atoms with van der Waals surface area (Å²) < 4.78 is 0. The monoisotopic (exact) mass is 294 g/mol. The van der Waals surface area contributed by atoms with Gasteiger partial charge in [-0.15, -0.1) is 22.9 Å². The van der Waals surface area contributed by atoms with Crippen molar-refractivity contribution in [2.24, 2.45) is 0 Å². The van der Waals surface area contributed by atoms with Gasteiger partial charge in [-0.1, -0.05) is 19.1 Å². The van der Waals surface area contributed by atoms with Gasteiger partial charge in [-0.25, -0.2) is 4.98 Å². The maximum absolute atomic E-state index is 12.0. The molecule has 1 amide bonds. The number of halogens is 1. The molecule has 0 atom stereocenters. The predicted octanol–water partition coefficient (Wildman–Crippen LogP) is 4.01. The number of rotatable bonds is 4. The molecule has 100 valence electrons. The number of amides is 1. The quantitative estimate of drug-likeness (QED) is 0.866. The van der Waals surface area contributed by atoms with E-state index in [0.717, 1.165) is 22.6 Å². The molecule has 0 aliphatic carbocycles. The Kier molecular flexibility index (Phi) is 4.56. The van der Waals surface area contributed by atoms with Crippen LogP contribution in [0.15, 0.2) is 24.3 Å². The maximum atomic E-state index is 12.0. The Balaban J connectivity index is 2.11. The molecule has 0 unspecified atom stereocenters. The summed E-state index contributed by atoms with van der Waals surface area (Å²) >= 11 is 7.22. The number of anilines is 1. The van der Waals surface area contributed by atoms with Gasteiger partial charge in [-0.3, -0.25) is 10.1 Å². The summed E-state index contributed by atoms with van der Waals surface area (Å²) in [7, 11) is 0. The molecular weight excluding hydrogens is 280 g/mol. The fraction of sp³-hybridized carbons (Fsp3) is 0.286. The smallest absolute Gasteiger partial charge is 0.257 e. The Morgan fingerprint density at radius 1 is 1.37 bits per heavy atom. The van der Waals surface area contributed by atoms with E-state index in [1.165, 1.54) is 11.3 Å². The standard InChI is InChI=1S/C14H15ClN2OS/c1-3-12-9(2)19-14(16-12)17-13(18)11-6-4-10(8-15)5-7-11/h4-7H,3,8H2,1-2H3,(H,16,17,18). The lowest BCUT2D eigenvalue weighted by Gasteiger charge is -2.02. The fourth-order valence-corrected chi connectivity index (χ4v) is 2.80. The molecule has 0 radical (unpaired) electrons. The van der Waals surface area contributed by atoms with Crippen LogP contribution in [-0.2, 0) is 12.3 Å². The molecular formula is C14H15ClN2OS.